The Morgan fingerprint density at radius 2 is 1.82 bits per heavy atom. The van der Waals surface area contributed by atoms with E-state index >= 15 is 0 Å². The Hall–Kier alpha value is -2.37. The van der Waals surface area contributed by atoms with Crippen LogP contribution in [0.3, 0.4) is 0 Å². The van der Waals surface area contributed by atoms with Crippen LogP contribution in [-0.4, -0.2) is 45.3 Å². The average Bonchev–Trinajstić information content (AvgIpc) is 2.83. The first-order valence-electron chi connectivity index (χ1n) is 13.0. The number of fused-ring (bicyclic) bond motifs is 1. The van der Waals surface area contributed by atoms with Crippen molar-refractivity contribution in [2.24, 2.45) is 11.8 Å². The number of aliphatic carboxylic acids is 1. The van der Waals surface area contributed by atoms with Gasteiger partial charge in [0.15, 0.2) is 6.10 Å². The first-order chi connectivity index (χ1) is 16.5. The number of piperidine rings is 1. The number of hydrogen-bond acceptors (Lipinski definition) is 4. The third-order valence-electron chi connectivity index (χ3n) is 9.00. The summed E-state index contributed by atoms with van der Waals surface area (Å²) in [7, 11) is 0. The maximum atomic E-state index is 10.2. The van der Waals surface area contributed by atoms with Crippen LogP contribution >= 0.6 is 0 Å². The normalized spacial score (nSPS) is 29.0. The standard InChI is InChI=1S/C21H29NO.C8H8O3/c23-17-8-7-16-12-20-18-6-1-2-9-21(18,19(16)13-17)10-11-22(20)14-15-4-3-5-15;9-7(8(10)11)6-4-2-1-3-5-6/h7-8,13,15,18,20,23H,1-6,9-12,14H2;1-5,7,9H,(H,10,11)/t18-,20-,21+;7-/m10/s1. The topological polar surface area (TPSA) is 81.0 Å². The van der Waals surface area contributed by atoms with E-state index in [4.69, 9.17) is 10.2 Å². The second kappa shape index (κ2) is 9.71. The third-order valence-corrected chi connectivity index (χ3v) is 9.00. The van der Waals surface area contributed by atoms with Crippen LogP contribution in [0.15, 0.2) is 48.5 Å². The quantitative estimate of drug-likeness (QED) is 0.591. The Labute approximate surface area is 202 Å². The van der Waals surface area contributed by atoms with Crippen LogP contribution in [0.1, 0.15) is 74.2 Å². The molecule has 3 aliphatic carbocycles. The Balaban J connectivity index is 0.000000186. The van der Waals surface area contributed by atoms with Crippen LogP contribution in [0.5, 0.6) is 5.75 Å². The van der Waals surface area contributed by atoms with Gasteiger partial charge in [-0.15, -0.1) is 0 Å². The maximum absolute atomic E-state index is 10.2. The molecule has 1 saturated heterocycles. The molecule has 182 valence electrons. The van der Waals surface area contributed by atoms with Crippen molar-refractivity contribution >= 4 is 5.97 Å². The number of phenols is 1. The second-order valence-corrected chi connectivity index (χ2v) is 10.8. The van der Waals surface area contributed by atoms with Gasteiger partial charge in [0.2, 0.25) is 0 Å². The van der Waals surface area contributed by atoms with Gasteiger partial charge in [-0.2, -0.15) is 0 Å². The van der Waals surface area contributed by atoms with E-state index in [1.54, 1.807) is 30.3 Å². The number of hydrogen-bond donors (Lipinski definition) is 3. The molecule has 2 aromatic carbocycles. The van der Waals surface area contributed by atoms with Crippen LogP contribution < -0.4 is 0 Å². The summed E-state index contributed by atoms with van der Waals surface area (Å²) in [5, 5.41) is 27.5. The molecule has 1 heterocycles. The van der Waals surface area contributed by atoms with Gasteiger partial charge in [0.25, 0.3) is 0 Å². The van der Waals surface area contributed by atoms with E-state index in [1.807, 2.05) is 6.07 Å². The summed E-state index contributed by atoms with van der Waals surface area (Å²) in [6.07, 6.45) is 11.0. The van der Waals surface area contributed by atoms with Crippen molar-refractivity contribution in [1.82, 2.24) is 4.90 Å². The van der Waals surface area contributed by atoms with Crippen LogP contribution in [0, 0.1) is 11.8 Å². The zero-order valence-electron chi connectivity index (χ0n) is 19.9. The lowest BCUT2D eigenvalue weighted by Crippen LogP contribution is -2.61. The van der Waals surface area contributed by atoms with Gasteiger partial charge < -0.3 is 15.3 Å². The summed E-state index contributed by atoms with van der Waals surface area (Å²) in [6.45, 7) is 2.64. The van der Waals surface area contributed by atoms with E-state index in [9.17, 15) is 9.90 Å². The minimum atomic E-state index is -1.41. The van der Waals surface area contributed by atoms with Gasteiger partial charge in [0, 0.05) is 18.0 Å². The molecule has 0 spiro atoms. The number of carboxylic acid groups (broad SMARTS) is 1. The van der Waals surface area contributed by atoms with Crippen molar-refractivity contribution in [2.45, 2.75) is 75.3 Å². The van der Waals surface area contributed by atoms with Gasteiger partial charge in [0.1, 0.15) is 5.75 Å². The van der Waals surface area contributed by atoms with Crippen molar-refractivity contribution in [1.29, 1.82) is 0 Å². The predicted octanol–water partition coefficient (Wildman–Crippen LogP) is 5.06. The van der Waals surface area contributed by atoms with Gasteiger partial charge in [-0.05, 0) is 85.7 Å². The fraction of sp³-hybridized carbons (Fsp3) is 0.552. The first kappa shape index (κ1) is 23.4. The summed E-state index contributed by atoms with van der Waals surface area (Å²) in [4.78, 5) is 13.1. The molecule has 2 bridgehead atoms. The molecule has 2 aromatic rings. The molecule has 0 aromatic heterocycles. The van der Waals surface area contributed by atoms with Gasteiger partial charge in [-0.1, -0.05) is 55.7 Å². The molecule has 4 aliphatic rings. The highest BCUT2D eigenvalue weighted by atomic mass is 16.4. The second-order valence-electron chi connectivity index (χ2n) is 10.8. The molecule has 0 unspecified atom stereocenters. The Morgan fingerprint density at radius 3 is 2.53 bits per heavy atom. The van der Waals surface area contributed by atoms with Crippen LogP contribution in [0.25, 0.3) is 0 Å². The molecular formula is C29H37NO4. The number of rotatable bonds is 4. The SMILES string of the molecule is O=C(O)[C@@H](O)c1ccccc1.Oc1ccc2c(c1)[C@]13CCCC[C@@H]1[C@@H](C2)N(CC1CCC1)CC3. The number of carbonyl (C=O) groups is 1. The average molecular weight is 464 g/mol. The fourth-order valence-corrected chi connectivity index (χ4v) is 7.08. The minimum Gasteiger partial charge on any atom is -0.508 e. The van der Waals surface area contributed by atoms with Gasteiger partial charge >= 0.3 is 5.97 Å². The monoisotopic (exact) mass is 463 g/mol. The highest BCUT2D eigenvalue weighted by molar-refractivity contribution is 5.73. The smallest absolute Gasteiger partial charge is 0.337 e. The molecule has 1 aliphatic heterocycles. The largest absolute Gasteiger partial charge is 0.508 e. The number of phenolic OH excluding ortho intramolecular Hbond substituents is 1. The zero-order valence-corrected chi connectivity index (χ0v) is 19.9. The molecule has 3 fully saturated rings. The number of aliphatic hydroxyl groups is 1. The maximum Gasteiger partial charge on any atom is 0.337 e. The molecule has 5 heteroatoms. The van der Waals surface area contributed by atoms with Crippen molar-refractivity contribution < 1.29 is 20.1 Å². The highest BCUT2D eigenvalue weighted by Gasteiger charge is 2.53. The molecule has 2 saturated carbocycles. The Bertz CT molecular complexity index is 1000. The molecule has 5 nitrogen and oxygen atoms in total. The van der Waals surface area contributed by atoms with E-state index in [0.717, 1.165) is 17.9 Å². The predicted molar refractivity (Wildman–Crippen MR) is 132 cm³/mol. The molecule has 0 radical (unpaired) electrons. The molecule has 6 rings (SSSR count). The number of aromatic hydroxyl groups is 1. The van der Waals surface area contributed by atoms with Crippen LogP contribution in [0.2, 0.25) is 0 Å². The van der Waals surface area contributed by atoms with Crippen LogP contribution in [0.4, 0.5) is 0 Å². The lowest BCUT2D eigenvalue weighted by Gasteiger charge is -2.59. The lowest BCUT2D eigenvalue weighted by molar-refractivity contribution is -0.146. The van der Waals surface area contributed by atoms with E-state index in [2.05, 4.69) is 17.0 Å². The summed E-state index contributed by atoms with van der Waals surface area (Å²) in [5.41, 5.74) is 3.83. The summed E-state index contributed by atoms with van der Waals surface area (Å²) in [6, 6.07) is 15.3. The van der Waals surface area contributed by atoms with E-state index in [0.29, 0.717) is 16.7 Å². The number of benzene rings is 2. The highest BCUT2D eigenvalue weighted by Crippen LogP contribution is 2.56. The van der Waals surface area contributed by atoms with Crippen molar-refractivity contribution in [3.05, 3.63) is 65.2 Å². The Kier molecular flexibility index (Phi) is 6.67. The zero-order chi connectivity index (χ0) is 23.7. The summed E-state index contributed by atoms with van der Waals surface area (Å²) in [5.74, 6) is 1.06. The number of aliphatic hydroxyl groups excluding tert-OH is 1. The van der Waals surface area contributed by atoms with E-state index in [-0.39, 0.29) is 0 Å². The van der Waals surface area contributed by atoms with Crippen molar-refractivity contribution in [2.75, 3.05) is 13.1 Å². The summed E-state index contributed by atoms with van der Waals surface area (Å²) >= 11 is 0. The van der Waals surface area contributed by atoms with Gasteiger partial charge in [0.05, 0.1) is 0 Å². The molecular weight excluding hydrogens is 426 g/mol. The lowest BCUT2D eigenvalue weighted by atomic mass is 9.52. The number of carboxylic acids is 1. The van der Waals surface area contributed by atoms with Gasteiger partial charge in [-0.3, -0.25) is 4.90 Å². The third kappa shape index (κ3) is 4.36. The fourth-order valence-electron chi connectivity index (χ4n) is 7.08. The number of likely N-dealkylation sites (tertiary alicyclic amines) is 1. The first-order valence-corrected chi connectivity index (χ1v) is 13.0. The van der Waals surface area contributed by atoms with Crippen molar-refractivity contribution in [3.8, 4) is 5.75 Å². The number of nitrogens with zero attached hydrogens (tertiary/aromatic N) is 1. The van der Waals surface area contributed by atoms with Crippen LogP contribution in [-0.2, 0) is 16.6 Å². The van der Waals surface area contributed by atoms with Gasteiger partial charge in [-0.25, -0.2) is 4.79 Å². The molecule has 34 heavy (non-hydrogen) atoms. The van der Waals surface area contributed by atoms with Crippen molar-refractivity contribution in [3.63, 3.8) is 0 Å². The minimum absolute atomic E-state index is 0.380. The van der Waals surface area contributed by atoms with E-state index < -0.39 is 12.1 Å². The Morgan fingerprint density at radius 1 is 1.03 bits per heavy atom. The van der Waals surface area contributed by atoms with E-state index in [1.165, 1.54) is 82.0 Å². The summed E-state index contributed by atoms with van der Waals surface area (Å²) < 4.78 is 0. The molecule has 3 N–H and O–H groups in total. The molecule has 4 atom stereocenters. The molecule has 0 amide bonds.